The van der Waals surface area contributed by atoms with Crippen LogP contribution in [0, 0.1) is 0 Å². The number of hydrogen-bond donors (Lipinski definition) is 3. The molecule has 5 rings (SSSR count). The van der Waals surface area contributed by atoms with Gasteiger partial charge in [-0.3, -0.25) is 14.0 Å². The van der Waals surface area contributed by atoms with Gasteiger partial charge in [-0.1, -0.05) is 24.3 Å². The molecule has 4 N–H and O–H groups in total. The van der Waals surface area contributed by atoms with E-state index >= 15 is 0 Å². The molecule has 0 saturated heterocycles. The van der Waals surface area contributed by atoms with Crippen molar-refractivity contribution in [1.29, 1.82) is 0 Å². The van der Waals surface area contributed by atoms with E-state index in [2.05, 4.69) is 26.7 Å². The van der Waals surface area contributed by atoms with Gasteiger partial charge in [-0.25, -0.2) is 15.0 Å². The molecule has 4 aromatic rings. The Balaban J connectivity index is 1.45. The van der Waals surface area contributed by atoms with E-state index in [1.165, 1.54) is 6.92 Å². The van der Waals surface area contributed by atoms with E-state index in [0.717, 1.165) is 41.7 Å². The molecule has 9 nitrogen and oxygen atoms in total. The van der Waals surface area contributed by atoms with E-state index in [9.17, 15) is 9.59 Å². The van der Waals surface area contributed by atoms with E-state index in [4.69, 9.17) is 10.7 Å². The molecule has 0 saturated carbocycles. The molecule has 9 heteroatoms. The number of nitrogens with two attached hydrogens (primary N) is 1. The normalized spacial score (nSPS) is 15.5. The predicted octanol–water partition coefficient (Wildman–Crippen LogP) is 3.70. The number of amides is 2. The van der Waals surface area contributed by atoms with Crippen LogP contribution in [0.2, 0.25) is 0 Å². The SMILES string of the molecule is CC(=O)NC1CC=C(c2nc(-c3ccc(C(=O)Nc4ccccn4)cc3)c3c(N)nccn23)CC1. The zero-order chi connectivity index (χ0) is 24.4. The standard InChI is InChI=1S/C26H25N7O2/c1-16(34)30-20-11-9-18(10-12-20)25-32-22(23-24(27)29-14-15-33(23)25)17-5-7-19(8-6-17)26(35)31-21-4-2-3-13-28-21/h2-9,13-15,20H,10-12H2,1H3,(H2,27,29)(H,30,34)(H,28,31,35). The van der Waals surface area contributed by atoms with Crippen LogP contribution in [0.4, 0.5) is 11.6 Å². The van der Waals surface area contributed by atoms with Crippen LogP contribution in [0.3, 0.4) is 0 Å². The summed E-state index contributed by atoms with van der Waals surface area (Å²) in [5.41, 5.74) is 10.1. The zero-order valence-electron chi connectivity index (χ0n) is 19.2. The molecule has 1 aliphatic rings. The summed E-state index contributed by atoms with van der Waals surface area (Å²) in [6, 6.07) is 12.7. The lowest BCUT2D eigenvalue weighted by molar-refractivity contribution is -0.119. The largest absolute Gasteiger partial charge is 0.382 e. The van der Waals surface area contributed by atoms with Gasteiger partial charge < -0.3 is 16.4 Å². The summed E-state index contributed by atoms with van der Waals surface area (Å²) in [6.45, 7) is 1.54. The fraction of sp³-hybridized carbons (Fsp3) is 0.192. The molecular formula is C26H25N7O2. The molecule has 0 spiro atoms. The Hall–Kier alpha value is -4.53. The monoisotopic (exact) mass is 467 g/mol. The van der Waals surface area contributed by atoms with Crippen molar-refractivity contribution in [1.82, 2.24) is 24.7 Å². The molecule has 1 aliphatic carbocycles. The van der Waals surface area contributed by atoms with E-state index in [1.54, 1.807) is 36.7 Å². The number of allylic oxidation sites excluding steroid dienone is 1. The highest BCUT2D eigenvalue weighted by Gasteiger charge is 2.22. The van der Waals surface area contributed by atoms with Crippen molar-refractivity contribution in [3.05, 3.63) is 78.5 Å². The summed E-state index contributed by atoms with van der Waals surface area (Å²) in [6.07, 6.45) is 9.65. The quantitative estimate of drug-likeness (QED) is 0.411. The minimum Gasteiger partial charge on any atom is -0.382 e. The molecular weight excluding hydrogens is 442 g/mol. The maximum atomic E-state index is 12.6. The van der Waals surface area contributed by atoms with Gasteiger partial charge in [0.2, 0.25) is 5.91 Å². The predicted molar refractivity (Wildman–Crippen MR) is 134 cm³/mol. The highest BCUT2D eigenvalue weighted by Crippen LogP contribution is 2.33. The van der Waals surface area contributed by atoms with Gasteiger partial charge in [0.25, 0.3) is 5.91 Å². The van der Waals surface area contributed by atoms with Crippen molar-refractivity contribution in [3.8, 4) is 11.3 Å². The number of carbonyl (C=O) groups excluding carboxylic acids is 2. The Morgan fingerprint density at radius 3 is 2.60 bits per heavy atom. The van der Waals surface area contributed by atoms with Crippen LogP contribution in [0.1, 0.15) is 42.4 Å². The third-order valence-corrected chi connectivity index (χ3v) is 6.02. The van der Waals surface area contributed by atoms with Gasteiger partial charge in [-0.2, -0.15) is 0 Å². The first-order chi connectivity index (χ1) is 17.0. The summed E-state index contributed by atoms with van der Waals surface area (Å²) in [5.74, 6) is 1.42. The number of nitrogen functional groups attached to an aromatic ring is 1. The summed E-state index contributed by atoms with van der Waals surface area (Å²) >= 11 is 0. The summed E-state index contributed by atoms with van der Waals surface area (Å²) < 4.78 is 1.96. The molecule has 0 fully saturated rings. The summed E-state index contributed by atoms with van der Waals surface area (Å²) in [7, 11) is 0. The molecule has 1 atom stereocenters. The van der Waals surface area contributed by atoms with Crippen molar-refractivity contribution in [2.45, 2.75) is 32.2 Å². The smallest absolute Gasteiger partial charge is 0.256 e. The molecule has 3 heterocycles. The number of benzene rings is 1. The van der Waals surface area contributed by atoms with E-state index < -0.39 is 0 Å². The summed E-state index contributed by atoms with van der Waals surface area (Å²) in [4.78, 5) is 37.3. The van der Waals surface area contributed by atoms with Crippen LogP contribution >= 0.6 is 0 Å². The second kappa shape index (κ2) is 9.38. The highest BCUT2D eigenvalue weighted by atomic mass is 16.2. The van der Waals surface area contributed by atoms with Gasteiger partial charge in [-0.05, 0) is 49.1 Å². The first-order valence-corrected chi connectivity index (χ1v) is 11.4. The van der Waals surface area contributed by atoms with Crippen LogP contribution in [0.15, 0.2) is 67.1 Å². The minimum absolute atomic E-state index is 0.0172. The third-order valence-electron chi connectivity index (χ3n) is 6.02. The number of nitrogens with one attached hydrogen (secondary N) is 2. The van der Waals surface area contributed by atoms with Gasteiger partial charge in [0.1, 0.15) is 28.7 Å². The average Bonchev–Trinajstić information content (AvgIpc) is 3.26. The van der Waals surface area contributed by atoms with E-state index in [0.29, 0.717) is 22.9 Å². The first-order valence-electron chi connectivity index (χ1n) is 11.4. The van der Waals surface area contributed by atoms with Gasteiger partial charge in [0.05, 0.1) is 0 Å². The zero-order valence-corrected chi connectivity index (χ0v) is 19.2. The maximum Gasteiger partial charge on any atom is 0.256 e. The van der Waals surface area contributed by atoms with Crippen LogP contribution < -0.4 is 16.4 Å². The van der Waals surface area contributed by atoms with Crippen molar-refractivity contribution < 1.29 is 9.59 Å². The second-order valence-corrected chi connectivity index (χ2v) is 8.46. The van der Waals surface area contributed by atoms with Gasteiger partial charge >= 0.3 is 0 Å². The molecule has 0 bridgehead atoms. The molecule has 3 aromatic heterocycles. The van der Waals surface area contributed by atoms with Crippen molar-refractivity contribution in [2.24, 2.45) is 0 Å². The number of imidazole rings is 1. The van der Waals surface area contributed by atoms with Gasteiger partial charge in [0, 0.05) is 42.7 Å². The number of rotatable bonds is 5. The lowest BCUT2D eigenvalue weighted by Crippen LogP contribution is -2.33. The molecule has 176 valence electrons. The van der Waals surface area contributed by atoms with Gasteiger partial charge in [0.15, 0.2) is 0 Å². The topological polar surface area (TPSA) is 127 Å². The average molecular weight is 468 g/mol. The van der Waals surface area contributed by atoms with Crippen LogP contribution in [-0.4, -0.2) is 37.2 Å². The molecule has 1 unspecified atom stereocenters. The number of carbonyl (C=O) groups is 2. The number of aromatic nitrogens is 4. The van der Waals surface area contributed by atoms with Crippen LogP contribution in [0.25, 0.3) is 22.3 Å². The van der Waals surface area contributed by atoms with Crippen molar-refractivity contribution in [3.63, 3.8) is 0 Å². The third kappa shape index (κ3) is 4.61. The number of pyridine rings is 1. The Morgan fingerprint density at radius 1 is 1.09 bits per heavy atom. The van der Waals surface area contributed by atoms with Crippen LogP contribution in [0.5, 0.6) is 0 Å². The van der Waals surface area contributed by atoms with E-state index in [-0.39, 0.29) is 17.9 Å². The molecule has 0 aliphatic heterocycles. The Bertz CT molecular complexity index is 1430. The maximum absolute atomic E-state index is 12.6. The number of hydrogen-bond acceptors (Lipinski definition) is 6. The fourth-order valence-electron chi connectivity index (χ4n) is 4.35. The minimum atomic E-state index is -0.243. The van der Waals surface area contributed by atoms with Crippen molar-refractivity contribution >= 4 is 34.5 Å². The second-order valence-electron chi connectivity index (χ2n) is 8.46. The Kier molecular flexibility index (Phi) is 5.97. The molecule has 2 amide bonds. The van der Waals surface area contributed by atoms with Crippen LogP contribution in [-0.2, 0) is 4.79 Å². The highest BCUT2D eigenvalue weighted by molar-refractivity contribution is 6.04. The Morgan fingerprint density at radius 2 is 1.91 bits per heavy atom. The lowest BCUT2D eigenvalue weighted by atomic mass is 9.94. The first kappa shape index (κ1) is 22.3. The molecule has 35 heavy (non-hydrogen) atoms. The molecule has 0 radical (unpaired) electrons. The van der Waals surface area contributed by atoms with Gasteiger partial charge in [-0.15, -0.1) is 0 Å². The van der Waals surface area contributed by atoms with E-state index in [1.807, 2.05) is 28.8 Å². The molecule has 1 aromatic carbocycles. The number of anilines is 2. The Labute approximate surface area is 202 Å². The van der Waals surface area contributed by atoms with Crippen molar-refractivity contribution in [2.75, 3.05) is 11.1 Å². The lowest BCUT2D eigenvalue weighted by Gasteiger charge is -2.22. The number of nitrogens with zero attached hydrogens (tertiary/aromatic N) is 4. The number of fused-ring (bicyclic) bond motifs is 1. The summed E-state index contributed by atoms with van der Waals surface area (Å²) in [5, 5.41) is 5.77. The fourth-order valence-corrected chi connectivity index (χ4v) is 4.35.